The summed E-state index contributed by atoms with van der Waals surface area (Å²) in [5.74, 6) is -0.850. The molecule has 0 fully saturated rings. The Kier molecular flexibility index (Phi) is 54.9. The molecule has 2 unspecified atom stereocenters. The fourth-order valence-electron chi connectivity index (χ4n) is 8.25. The predicted octanol–water partition coefficient (Wildman–Crippen LogP) is 19.1. The number of quaternary nitrogens is 1. The summed E-state index contributed by atoms with van der Waals surface area (Å²) < 4.78 is 34.2. The molecule has 0 N–H and O–H groups in total. The van der Waals surface area contributed by atoms with E-state index in [4.69, 9.17) is 18.5 Å². The number of phosphoric ester groups is 1. The molecule has 0 spiro atoms. The molecule has 442 valence electrons. The first kappa shape index (κ1) is 73.7. The van der Waals surface area contributed by atoms with E-state index in [1.54, 1.807) is 0 Å². The van der Waals surface area contributed by atoms with Gasteiger partial charge in [-0.3, -0.25) is 14.2 Å². The molecule has 0 aliphatic heterocycles. The van der Waals surface area contributed by atoms with Crippen LogP contribution in [0.4, 0.5) is 0 Å². The Labute approximate surface area is 474 Å². The van der Waals surface area contributed by atoms with Crippen molar-refractivity contribution in [3.05, 3.63) is 109 Å². The summed E-state index contributed by atoms with van der Waals surface area (Å²) in [6.07, 6.45) is 80.1. The standard InChI is InChI=1S/C67H116NO8P/c1-6-8-10-12-14-16-18-20-22-24-25-26-27-28-29-30-31-32-33-34-35-36-37-38-39-40-41-42-43-44-46-48-50-52-54-56-58-60-67(70)76-65(64-75-77(71,72)74-62-61-68(3,4)5)63-73-66(69)59-57-55-53-51-49-47-45-23-21-19-17-15-13-11-9-7-2/h8,10,14,16-17,19-20,22-23,25-26,28-29,31-32,34-35,45,65H,6-7,9,11-13,15,18,21,24,27,30,33,36-44,46-64H2,1-5H3/b10-8-,16-14-,19-17-,22-20-,26-25-,29-28-,32-31-,35-34-,45-23-. The molecule has 10 heteroatoms. The van der Waals surface area contributed by atoms with E-state index in [1.165, 1.54) is 109 Å². The van der Waals surface area contributed by atoms with Gasteiger partial charge in [-0.05, 0) is 103 Å². The molecule has 0 rings (SSSR count). The molecule has 77 heavy (non-hydrogen) atoms. The Balaban J connectivity index is 4.06. The zero-order chi connectivity index (χ0) is 56.3. The molecule has 0 aromatic carbocycles. The number of phosphoric acid groups is 1. The summed E-state index contributed by atoms with van der Waals surface area (Å²) in [6.45, 7) is 4.09. The van der Waals surface area contributed by atoms with Gasteiger partial charge in [0.15, 0.2) is 6.10 Å². The van der Waals surface area contributed by atoms with Crippen LogP contribution in [-0.4, -0.2) is 70.0 Å². The molecule has 0 aromatic heterocycles. The van der Waals surface area contributed by atoms with Crippen LogP contribution in [0.15, 0.2) is 109 Å². The topological polar surface area (TPSA) is 111 Å². The second-order valence-corrected chi connectivity index (χ2v) is 23.1. The molecule has 0 aliphatic carbocycles. The van der Waals surface area contributed by atoms with Crippen molar-refractivity contribution in [3.63, 3.8) is 0 Å². The molecular weight excluding hydrogens is 978 g/mol. The fraction of sp³-hybridized carbons (Fsp3) is 0.701. The summed E-state index contributed by atoms with van der Waals surface area (Å²) in [5.41, 5.74) is 0. The molecule has 0 amide bonds. The second kappa shape index (κ2) is 57.4. The number of esters is 2. The van der Waals surface area contributed by atoms with Crippen LogP contribution in [0.3, 0.4) is 0 Å². The highest BCUT2D eigenvalue weighted by Gasteiger charge is 2.22. The third-order valence-corrected chi connectivity index (χ3v) is 14.0. The van der Waals surface area contributed by atoms with Gasteiger partial charge in [-0.25, -0.2) is 0 Å². The summed E-state index contributed by atoms with van der Waals surface area (Å²) >= 11 is 0. The Bertz CT molecular complexity index is 1670. The van der Waals surface area contributed by atoms with Crippen molar-refractivity contribution in [1.82, 2.24) is 0 Å². The number of rotatable bonds is 56. The zero-order valence-corrected chi connectivity index (χ0v) is 51.0. The minimum atomic E-state index is -4.64. The van der Waals surface area contributed by atoms with Gasteiger partial charge >= 0.3 is 11.9 Å². The first-order valence-corrected chi connectivity index (χ1v) is 32.6. The van der Waals surface area contributed by atoms with E-state index < -0.39 is 32.5 Å². The molecule has 0 heterocycles. The molecule has 0 aliphatic rings. The summed E-state index contributed by atoms with van der Waals surface area (Å²) in [7, 11) is 1.15. The molecule has 0 saturated carbocycles. The van der Waals surface area contributed by atoms with E-state index in [-0.39, 0.29) is 26.1 Å². The second-order valence-electron chi connectivity index (χ2n) is 21.7. The van der Waals surface area contributed by atoms with Gasteiger partial charge in [0.25, 0.3) is 7.82 Å². The Morgan fingerprint density at radius 1 is 0.416 bits per heavy atom. The van der Waals surface area contributed by atoms with Crippen molar-refractivity contribution < 1.29 is 42.1 Å². The highest BCUT2D eigenvalue weighted by atomic mass is 31.2. The van der Waals surface area contributed by atoms with Crippen molar-refractivity contribution in [2.75, 3.05) is 47.5 Å². The first-order valence-electron chi connectivity index (χ1n) is 31.1. The van der Waals surface area contributed by atoms with Crippen molar-refractivity contribution in [2.45, 2.75) is 258 Å². The highest BCUT2D eigenvalue weighted by molar-refractivity contribution is 7.45. The van der Waals surface area contributed by atoms with Gasteiger partial charge in [0.1, 0.15) is 19.8 Å². The average Bonchev–Trinajstić information content (AvgIpc) is 3.39. The highest BCUT2D eigenvalue weighted by Crippen LogP contribution is 2.38. The van der Waals surface area contributed by atoms with Gasteiger partial charge in [0.2, 0.25) is 0 Å². The van der Waals surface area contributed by atoms with Gasteiger partial charge < -0.3 is 27.9 Å². The van der Waals surface area contributed by atoms with Gasteiger partial charge in [0.05, 0.1) is 27.7 Å². The number of hydrogen-bond donors (Lipinski definition) is 0. The molecule has 2 atom stereocenters. The van der Waals surface area contributed by atoms with Crippen LogP contribution in [0.2, 0.25) is 0 Å². The maximum absolute atomic E-state index is 12.8. The normalized spacial score (nSPS) is 14.0. The number of carbonyl (C=O) groups is 2. The Hall–Kier alpha value is -3.33. The van der Waals surface area contributed by atoms with Crippen molar-refractivity contribution in [2.24, 2.45) is 0 Å². The number of ether oxygens (including phenoxy) is 2. The third-order valence-electron chi connectivity index (χ3n) is 13.0. The van der Waals surface area contributed by atoms with E-state index >= 15 is 0 Å². The number of allylic oxidation sites excluding steroid dienone is 18. The van der Waals surface area contributed by atoms with Crippen molar-refractivity contribution in [1.29, 1.82) is 0 Å². The van der Waals surface area contributed by atoms with Gasteiger partial charge in [0, 0.05) is 12.8 Å². The monoisotopic (exact) mass is 1090 g/mol. The lowest BCUT2D eigenvalue weighted by Crippen LogP contribution is -2.37. The maximum Gasteiger partial charge on any atom is 0.306 e. The molecule has 0 saturated heterocycles. The Morgan fingerprint density at radius 2 is 0.740 bits per heavy atom. The average molecular weight is 1090 g/mol. The quantitative estimate of drug-likeness (QED) is 0.0195. The van der Waals surface area contributed by atoms with Crippen LogP contribution in [0.1, 0.15) is 251 Å². The lowest BCUT2D eigenvalue weighted by Gasteiger charge is -2.28. The van der Waals surface area contributed by atoms with Crippen molar-refractivity contribution in [3.8, 4) is 0 Å². The summed E-state index contributed by atoms with van der Waals surface area (Å²) in [4.78, 5) is 37.9. The van der Waals surface area contributed by atoms with E-state index in [2.05, 4.69) is 123 Å². The van der Waals surface area contributed by atoms with Gasteiger partial charge in [-0.15, -0.1) is 0 Å². The fourth-order valence-corrected chi connectivity index (χ4v) is 8.98. The largest absolute Gasteiger partial charge is 0.756 e. The van der Waals surface area contributed by atoms with Gasteiger partial charge in [-0.2, -0.15) is 0 Å². The zero-order valence-electron chi connectivity index (χ0n) is 50.1. The first-order chi connectivity index (χ1) is 37.5. The lowest BCUT2D eigenvalue weighted by molar-refractivity contribution is -0.870. The molecule has 0 bridgehead atoms. The third kappa shape index (κ3) is 61.7. The molecular formula is C67H116NO8P. The summed E-state index contributed by atoms with van der Waals surface area (Å²) in [6, 6.07) is 0. The number of carbonyl (C=O) groups excluding carboxylic acids is 2. The number of hydrogen-bond acceptors (Lipinski definition) is 8. The summed E-state index contributed by atoms with van der Waals surface area (Å²) in [5, 5.41) is 0. The molecule has 0 aromatic rings. The van der Waals surface area contributed by atoms with E-state index in [9.17, 15) is 19.0 Å². The Morgan fingerprint density at radius 3 is 1.10 bits per heavy atom. The smallest absolute Gasteiger partial charge is 0.306 e. The minimum Gasteiger partial charge on any atom is -0.756 e. The van der Waals surface area contributed by atoms with Crippen LogP contribution in [0.5, 0.6) is 0 Å². The van der Waals surface area contributed by atoms with Crippen LogP contribution >= 0.6 is 7.82 Å². The molecule has 0 radical (unpaired) electrons. The van der Waals surface area contributed by atoms with Crippen molar-refractivity contribution >= 4 is 19.8 Å². The van der Waals surface area contributed by atoms with Crippen LogP contribution in [0.25, 0.3) is 0 Å². The maximum atomic E-state index is 12.8. The van der Waals surface area contributed by atoms with Crippen LogP contribution in [-0.2, 0) is 32.7 Å². The van der Waals surface area contributed by atoms with E-state index in [1.807, 2.05) is 21.1 Å². The van der Waals surface area contributed by atoms with E-state index in [0.717, 1.165) is 103 Å². The number of likely N-dealkylation sites (N-methyl/N-ethyl adjacent to an activating group) is 1. The number of unbranched alkanes of at least 4 members (excludes halogenated alkanes) is 24. The van der Waals surface area contributed by atoms with Gasteiger partial charge in [-0.1, -0.05) is 245 Å². The van der Waals surface area contributed by atoms with Crippen LogP contribution in [0, 0.1) is 0 Å². The predicted molar refractivity (Wildman–Crippen MR) is 328 cm³/mol. The number of nitrogens with zero attached hydrogens (tertiary/aromatic N) is 1. The van der Waals surface area contributed by atoms with E-state index in [0.29, 0.717) is 23.9 Å². The lowest BCUT2D eigenvalue weighted by atomic mass is 10.0. The SMILES string of the molecule is CC/C=C\C/C=C\C/C=C\C/C=C\C/C=C\C/C=C\C/C=C\CCCCCCCCCCCCCCCCCC(=O)OC(COC(=O)CCCCCCC/C=C\C/C=C\CCCCCC)COP(=O)([O-])OCC[N+](C)(C)C. The molecule has 9 nitrogen and oxygen atoms in total. The minimum absolute atomic E-state index is 0.0367. The van der Waals surface area contributed by atoms with Crippen LogP contribution < -0.4 is 4.89 Å².